The van der Waals surface area contributed by atoms with Crippen LogP contribution in [0.4, 0.5) is 0 Å². The molecule has 0 aliphatic carbocycles. The van der Waals surface area contributed by atoms with Gasteiger partial charge in [-0.3, -0.25) is 9.59 Å². The summed E-state index contributed by atoms with van der Waals surface area (Å²) in [6.45, 7) is 1.94. The summed E-state index contributed by atoms with van der Waals surface area (Å²) in [5.41, 5.74) is 0.968. The van der Waals surface area contributed by atoms with Gasteiger partial charge in [-0.15, -0.1) is 0 Å². The number of carboxylic acids is 2. The molecule has 0 aliphatic rings. The SMILES string of the molecule is CCc1ccc(S(=O)(=O)NC(CCCC(=O)O)C(=O)O)cc1. The van der Waals surface area contributed by atoms with E-state index >= 15 is 0 Å². The van der Waals surface area contributed by atoms with Crippen LogP contribution in [0, 0.1) is 0 Å². The van der Waals surface area contributed by atoms with Crippen molar-refractivity contribution in [3.63, 3.8) is 0 Å². The van der Waals surface area contributed by atoms with Gasteiger partial charge in [-0.1, -0.05) is 19.1 Å². The average Bonchev–Trinajstić information content (AvgIpc) is 2.45. The van der Waals surface area contributed by atoms with E-state index in [9.17, 15) is 18.0 Å². The molecule has 0 spiro atoms. The number of hydrogen-bond acceptors (Lipinski definition) is 4. The third-order valence-corrected chi connectivity index (χ3v) is 4.61. The van der Waals surface area contributed by atoms with Crippen LogP contribution in [-0.2, 0) is 26.0 Å². The highest BCUT2D eigenvalue weighted by molar-refractivity contribution is 7.89. The molecule has 0 amide bonds. The minimum Gasteiger partial charge on any atom is -0.481 e. The third-order valence-electron chi connectivity index (χ3n) is 3.12. The Balaban J connectivity index is 2.81. The van der Waals surface area contributed by atoms with Crippen molar-refractivity contribution in [2.75, 3.05) is 0 Å². The van der Waals surface area contributed by atoms with Crippen LogP contribution in [0.2, 0.25) is 0 Å². The minimum absolute atomic E-state index is 0.0193. The Kier molecular flexibility index (Phi) is 6.51. The first-order chi connectivity index (χ1) is 10.3. The summed E-state index contributed by atoms with van der Waals surface area (Å²) < 4.78 is 26.4. The Morgan fingerprint density at radius 1 is 1.18 bits per heavy atom. The molecule has 0 aromatic heterocycles. The second kappa shape index (κ2) is 7.90. The van der Waals surface area contributed by atoms with E-state index < -0.39 is 28.0 Å². The fourth-order valence-corrected chi connectivity index (χ4v) is 3.07. The smallest absolute Gasteiger partial charge is 0.321 e. The van der Waals surface area contributed by atoms with Crippen LogP contribution in [0.25, 0.3) is 0 Å². The van der Waals surface area contributed by atoms with E-state index in [0.717, 1.165) is 12.0 Å². The molecule has 1 aromatic carbocycles. The quantitative estimate of drug-likeness (QED) is 0.626. The Labute approximate surface area is 129 Å². The average molecular weight is 329 g/mol. The molecule has 0 radical (unpaired) electrons. The summed E-state index contributed by atoms with van der Waals surface area (Å²) in [5.74, 6) is -2.39. The predicted octanol–water partition coefficient (Wildman–Crippen LogP) is 1.24. The lowest BCUT2D eigenvalue weighted by molar-refractivity contribution is -0.140. The molecule has 1 atom stereocenters. The van der Waals surface area contributed by atoms with Gasteiger partial charge in [0.2, 0.25) is 10.0 Å². The number of rotatable bonds is 9. The van der Waals surface area contributed by atoms with Crippen LogP contribution in [0.5, 0.6) is 0 Å². The number of sulfonamides is 1. The number of aryl methyl sites for hydroxylation is 1. The van der Waals surface area contributed by atoms with Crippen LogP contribution < -0.4 is 4.72 Å². The van der Waals surface area contributed by atoms with Gasteiger partial charge in [-0.25, -0.2) is 8.42 Å². The van der Waals surface area contributed by atoms with Crippen molar-refractivity contribution in [3.8, 4) is 0 Å². The number of benzene rings is 1. The molecular formula is C14H19NO6S. The standard InChI is InChI=1S/C14H19NO6S/c1-2-10-6-8-11(9-7-10)22(20,21)15-12(14(18)19)4-3-5-13(16)17/h6-9,12,15H,2-5H2,1H3,(H,16,17)(H,18,19). The normalized spacial score (nSPS) is 12.8. The van der Waals surface area contributed by atoms with Crippen molar-refractivity contribution in [3.05, 3.63) is 29.8 Å². The highest BCUT2D eigenvalue weighted by Gasteiger charge is 2.25. The van der Waals surface area contributed by atoms with Gasteiger partial charge in [0, 0.05) is 6.42 Å². The summed E-state index contributed by atoms with van der Waals surface area (Å²) in [5, 5.41) is 17.6. The second-order valence-corrected chi connectivity index (χ2v) is 6.51. The second-order valence-electron chi connectivity index (χ2n) is 4.80. The topological polar surface area (TPSA) is 121 Å². The monoisotopic (exact) mass is 329 g/mol. The lowest BCUT2D eigenvalue weighted by Gasteiger charge is -2.14. The Bertz CT molecular complexity index is 623. The highest BCUT2D eigenvalue weighted by atomic mass is 32.2. The van der Waals surface area contributed by atoms with Crippen molar-refractivity contribution in [1.29, 1.82) is 0 Å². The first-order valence-corrected chi connectivity index (χ1v) is 8.30. The maximum atomic E-state index is 12.2. The largest absolute Gasteiger partial charge is 0.481 e. The zero-order valence-electron chi connectivity index (χ0n) is 12.2. The number of hydrogen-bond donors (Lipinski definition) is 3. The third kappa shape index (κ3) is 5.45. The van der Waals surface area contributed by atoms with Gasteiger partial charge in [0.05, 0.1) is 4.90 Å². The van der Waals surface area contributed by atoms with E-state index in [1.165, 1.54) is 12.1 Å². The van der Waals surface area contributed by atoms with E-state index in [4.69, 9.17) is 10.2 Å². The minimum atomic E-state index is -3.96. The lowest BCUT2D eigenvalue weighted by Crippen LogP contribution is -2.40. The molecule has 0 bridgehead atoms. The van der Waals surface area contributed by atoms with Gasteiger partial charge in [0.15, 0.2) is 0 Å². The maximum absolute atomic E-state index is 12.2. The summed E-state index contributed by atoms with van der Waals surface area (Å²) >= 11 is 0. The van der Waals surface area contributed by atoms with Crippen molar-refractivity contribution in [1.82, 2.24) is 4.72 Å². The maximum Gasteiger partial charge on any atom is 0.321 e. The van der Waals surface area contributed by atoms with Crippen LogP contribution in [-0.4, -0.2) is 36.6 Å². The van der Waals surface area contributed by atoms with Gasteiger partial charge in [0.1, 0.15) is 6.04 Å². The van der Waals surface area contributed by atoms with Gasteiger partial charge in [-0.2, -0.15) is 4.72 Å². The molecule has 7 nitrogen and oxygen atoms in total. The molecule has 0 fully saturated rings. The molecular weight excluding hydrogens is 310 g/mol. The summed E-state index contributed by atoms with van der Waals surface area (Å²) in [6.07, 6.45) is 0.537. The van der Waals surface area contributed by atoms with Crippen LogP contribution in [0.15, 0.2) is 29.2 Å². The first-order valence-electron chi connectivity index (χ1n) is 6.82. The molecule has 0 saturated heterocycles. The Hall–Kier alpha value is -1.93. The van der Waals surface area contributed by atoms with Gasteiger partial charge >= 0.3 is 11.9 Å². The molecule has 3 N–H and O–H groups in total. The molecule has 0 aliphatic heterocycles. The Morgan fingerprint density at radius 2 is 1.77 bits per heavy atom. The molecule has 22 heavy (non-hydrogen) atoms. The van der Waals surface area contributed by atoms with Gasteiger partial charge in [-0.05, 0) is 37.0 Å². The summed E-state index contributed by atoms with van der Waals surface area (Å²) in [6, 6.07) is 4.80. The molecule has 1 unspecified atom stereocenters. The van der Waals surface area contributed by atoms with E-state index in [2.05, 4.69) is 4.72 Å². The number of carboxylic acid groups (broad SMARTS) is 2. The van der Waals surface area contributed by atoms with E-state index in [0.29, 0.717) is 0 Å². The zero-order valence-corrected chi connectivity index (χ0v) is 13.0. The number of nitrogens with one attached hydrogen (secondary N) is 1. The van der Waals surface area contributed by atoms with Crippen molar-refractivity contribution >= 4 is 22.0 Å². The molecule has 8 heteroatoms. The number of carbonyl (C=O) groups is 2. The summed E-state index contributed by atoms with van der Waals surface area (Å²) in [7, 11) is -3.96. The molecule has 122 valence electrons. The van der Waals surface area contributed by atoms with E-state index in [1.54, 1.807) is 12.1 Å². The Morgan fingerprint density at radius 3 is 2.23 bits per heavy atom. The lowest BCUT2D eigenvalue weighted by atomic mass is 10.1. The highest BCUT2D eigenvalue weighted by Crippen LogP contribution is 2.13. The van der Waals surface area contributed by atoms with E-state index in [-0.39, 0.29) is 24.2 Å². The molecule has 0 saturated carbocycles. The van der Waals surface area contributed by atoms with Crippen LogP contribution >= 0.6 is 0 Å². The van der Waals surface area contributed by atoms with Gasteiger partial charge < -0.3 is 10.2 Å². The molecule has 1 rings (SSSR count). The molecule has 0 heterocycles. The number of aliphatic carboxylic acids is 2. The van der Waals surface area contributed by atoms with E-state index in [1.807, 2.05) is 6.92 Å². The van der Waals surface area contributed by atoms with Crippen molar-refractivity contribution < 1.29 is 28.2 Å². The van der Waals surface area contributed by atoms with Crippen LogP contribution in [0.3, 0.4) is 0 Å². The van der Waals surface area contributed by atoms with Crippen molar-refractivity contribution in [2.24, 2.45) is 0 Å². The first kappa shape index (κ1) is 18.1. The predicted molar refractivity (Wildman–Crippen MR) is 79.1 cm³/mol. The zero-order chi connectivity index (χ0) is 16.8. The fraction of sp³-hybridized carbons (Fsp3) is 0.429. The van der Waals surface area contributed by atoms with Gasteiger partial charge in [0.25, 0.3) is 0 Å². The van der Waals surface area contributed by atoms with Crippen molar-refractivity contribution in [2.45, 2.75) is 43.5 Å². The summed E-state index contributed by atoms with van der Waals surface area (Å²) in [4.78, 5) is 21.5. The molecule has 1 aromatic rings. The van der Waals surface area contributed by atoms with Crippen LogP contribution in [0.1, 0.15) is 31.7 Å². The fourth-order valence-electron chi connectivity index (χ4n) is 1.85.